The minimum Gasteiger partial charge on any atom is -0.480 e. The molecule has 0 saturated heterocycles. The Morgan fingerprint density at radius 3 is 2.22 bits per heavy atom. The molecule has 2 amide bonds. The van der Waals surface area contributed by atoms with Gasteiger partial charge in [0.15, 0.2) is 0 Å². The second-order valence-electron chi connectivity index (χ2n) is 7.75. The van der Waals surface area contributed by atoms with Gasteiger partial charge in [-0.25, -0.2) is 4.79 Å². The van der Waals surface area contributed by atoms with Crippen molar-refractivity contribution in [2.75, 3.05) is 40.0 Å². The first-order chi connectivity index (χ1) is 15.4. The van der Waals surface area contributed by atoms with Crippen molar-refractivity contribution in [1.82, 2.24) is 10.2 Å². The second kappa shape index (κ2) is 10.8. The molecule has 8 nitrogen and oxygen atoms in total. The van der Waals surface area contributed by atoms with Crippen molar-refractivity contribution in [2.45, 2.75) is 12.8 Å². The fraction of sp³-hybridized carbons (Fsp3) is 0.375. The molecule has 0 saturated carbocycles. The van der Waals surface area contributed by atoms with Crippen LogP contribution in [0, 0.1) is 5.92 Å². The SMILES string of the molecule is COCCN(CC(=O)O)C(=O)C(C)CNC(=O)OCC1c2ccccc2-c2ccccc21. The highest BCUT2D eigenvalue weighted by molar-refractivity contribution is 5.83. The van der Waals surface area contributed by atoms with Crippen LogP contribution in [0.5, 0.6) is 0 Å². The summed E-state index contributed by atoms with van der Waals surface area (Å²) in [6.07, 6.45) is -0.617. The first-order valence-electron chi connectivity index (χ1n) is 10.5. The normalized spacial score (nSPS) is 13.1. The van der Waals surface area contributed by atoms with Crippen molar-refractivity contribution in [3.8, 4) is 11.1 Å². The molecule has 0 heterocycles. The van der Waals surface area contributed by atoms with Gasteiger partial charge in [-0.15, -0.1) is 0 Å². The van der Waals surface area contributed by atoms with Gasteiger partial charge in [-0.05, 0) is 22.3 Å². The Morgan fingerprint density at radius 2 is 1.66 bits per heavy atom. The summed E-state index contributed by atoms with van der Waals surface area (Å²) in [7, 11) is 1.48. The van der Waals surface area contributed by atoms with Crippen LogP contribution in [0.25, 0.3) is 11.1 Å². The van der Waals surface area contributed by atoms with Gasteiger partial charge >= 0.3 is 12.1 Å². The van der Waals surface area contributed by atoms with E-state index in [0.29, 0.717) is 0 Å². The molecule has 0 aliphatic heterocycles. The van der Waals surface area contributed by atoms with Crippen molar-refractivity contribution >= 4 is 18.0 Å². The molecule has 2 aromatic rings. The molecule has 3 rings (SSSR count). The van der Waals surface area contributed by atoms with E-state index in [1.165, 1.54) is 12.0 Å². The van der Waals surface area contributed by atoms with Gasteiger partial charge in [0.25, 0.3) is 0 Å². The van der Waals surface area contributed by atoms with Crippen LogP contribution in [0.3, 0.4) is 0 Å². The molecule has 2 aromatic carbocycles. The van der Waals surface area contributed by atoms with E-state index in [1.54, 1.807) is 6.92 Å². The summed E-state index contributed by atoms with van der Waals surface area (Å²) in [6.45, 7) is 1.83. The maximum absolute atomic E-state index is 12.6. The number of ether oxygens (including phenoxy) is 2. The van der Waals surface area contributed by atoms with E-state index in [4.69, 9.17) is 14.6 Å². The van der Waals surface area contributed by atoms with Crippen LogP contribution in [0.1, 0.15) is 24.0 Å². The number of amides is 2. The van der Waals surface area contributed by atoms with E-state index < -0.39 is 24.5 Å². The van der Waals surface area contributed by atoms with E-state index in [0.717, 1.165) is 22.3 Å². The lowest BCUT2D eigenvalue weighted by atomic mass is 9.98. The number of fused-ring (bicyclic) bond motifs is 3. The second-order valence-corrected chi connectivity index (χ2v) is 7.75. The number of rotatable bonds is 10. The lowest BCUT2D eigenvalue weighted by molar-refractivity contribution is -0.146. The summed E-state index contributed by atoms with van der Waals surface area (Å²) in [5.41, 5.74) is 4.52. The summed E-state index contributed by atoms with van der Waals surface area (Å²) in [4.78, 5) is 37.1. The fourth-order valence-electron chi connectivity index (χ4n) is 3.92. The average molecular weight is 440 g/mol. The van der Waals surface area contributed by atoms with Crippen molar-refractivity contribution in [3.05, 3.63) is 59.7 Å². The monoisotopic (exact) mass is 440 g/mol. The molecule has 1 atom stereocenters. The van der Waals surface area contributed by atoms with Crippen molar-refractivity contribution in [2.24, 2.45) is 5.92 Å². The lowest BCUT2D eigenvalue weighted by Crippen LogP contribution is -2.44. The Labute approximate surface area is 187 Å². The Balaban J connectivity index is 1.54. The molecule has 1 aliphatic carbocycles. The average Bonchev–Trinajstić information content (AvgIpc) is 3.12. The molecule has 170 valence electrons. The topological polar surface area (TPSA) is 105 Å². The maximum Gasteiger partial charge on any atom is 0.407 e. The number of carboxylic acids is 1. The number of carbonyl (C=O) groups is 3. The van der Waals surface area contributed by atoms with Gasteiger partial charge in [0.1, 0.15) is 13.2 Å². The van der Waals surface area contributed by atoms with Gasteiger partial charge in [0.2, 0.25) is 5.91 Å². The van der Waals surface area contributed by atoms with Crippen LogP contribution in [-0.2, 0) is 19.1 Å². The zero-order chi connectivity index (χ0) is 23.1. The van der Waals surface area contributed by atoms with E-state index in [1.807, 2.05) is 36.4 Å². The molecule has 0 fully saturated rings. The highest BCUT2D eigenvalue weighted by Gasteiger charge is 2.29. The molecule has 32 heavy (non-hydrogen) atoms. The Kier molecular flexibility index (Phi) is 7.83. The van der Waals surface area contributed by atoms with Gasteiger partial charge < -0.3 is 24.8 Å². The number of hydrogen-bond donors (Lipinski definition) is 2. The zero-order valence-corrected chi connectivity index (χ0v) is 18.2. The number of nitrogens with zero attached hydrogens (tertiary/aromatic N) is 1. The zero-order valence-electron chi connectivity index (χ0n) is 18.2. The summed E-state index contributed by atoms with van der Waals surface area (Å²) < 4.78 is 10.4. The van der Waals surface area contributed by atoms with E-state index in [-0.39, 0.29) is 38.1 Å². The molecule has 1 aliphatic rings. The van der Waals surface area contributed by atoms with Crippen molar-refractivity contribution in [3.63, 3.8) is 0 Å². The number of alkyl carbamates (subject to hydrolysis) is 1. The first kappa shape index (κ1) is 23.3. The van der Waals surface area contributed by atoms with E-state index in [2.05, 4.69) is 17.4 Å². The number of carbonyl (C=O) groups excluding carboxylic acids is 2. The molecule has 0 bridgehead atoms. The third kappa shape index (κ3) is 5.45. The molecule has 2 N–H and O–H groups in total. The van der Waals surface area contributed by atoms with Crippen LogP contribution in [-0.4, -0.2) is 67.9 Å². The molecular weight excluding hydrogens is 412 g/mol. The number of carboxylic acid groups (broad SMARTS) is 1. The highest BCUT2D eigenvalue weighted by Crippen LogP contribution is 2.44. The number of methoxy groups -OCH3 is 1. The molecular formula is C24H28N2O6. The van der Waals surface area contributed by atoms with Crippen LogP contribution in [0.2, 0.25) is 0 Å². The standard InChI is InChI=1S/C24H28N2O6/c1-16(23(29)26(11-12-31-2)14-22(27)28)13-25-24(30)32-15-21-19-9-5-3-7-17(19)18-8-4-6-10-20(18)21/h3-10,16,21H,11-15H2,1-2H3,(H,25,30)(H,27,28). The summed E-state index contributed by atoms with van der Waals surface area (Å²) in [6, 6.07) is 16.1. The number of benzene rings is 2. The fourth-order valence-corrected chi connectivity index (χ4v) is 3.92. The summed E-state index contributed by atoms with van der Waals surface area (Å²) in [5.74, 6) is -2.13. The van der Waals surface area contributed by atoms with E-state index in [9.17, 15) is 14.4 Å². The quantitative estimate of drug-likeness (QED) is 0.589. The highest BCUT2D eigenvalue weighted by atomic mass is 16.5. The predicted octanol–water partition coefficient (Wildman–Crippen LogP) is 2.72. The van der Waals surface area contributed by atoms with Gasteiger partial charge in [-0.2, -0.15) is 0 Å². The van der Waals surface area contributed by atoms with Crippen molar-refractivity contribution in [1.29, 1.82) is 0 Å². The first-order valence-corrected chi connectivity index (χ1v) is 10.5. The summed E-state index contributed by atoms with van der Waals surface area (Å²) >= 11 is 0. The number of aliphatic carboxylic acids is 1. The van der Waals surface area contributed by atoms with Crippen LogP contribution >= 0.6 is 0 Å². The molecule has 0 radical (unpaired) electrons. The largest absolute Gasteiger partial charge is 0.480 e. The van der Waals surface area contributed by atoms with Gasteiger partial charge in [-0.1, -0.05) is 55.5 Å². The van der Waals surface area contributed by atoms with E-state index >= 15 is 0 Å². The van der Waals surface area contributed by atoms with Gasteiger partial charge in [0, 0.05) is 26.1 Å². The summed E-state index contributed by atoms with van der Waals surface area (Å²) in [5, 5.41) is 11.6. The van der Waals surface area contributed by atoms with Crippen LogP contribution < -0.4 is 5.32 Å². The van der Waals surface area contributed by atoms with Crippen molar-refractivity contribution < 1.29 is 29.0 Å². The minimum absolute atomic E-state index is 0.0403. The number of nitrogens with one attached hydrogen (secondary N) is 1. The smallest absolute Gasteiger partial charge is 0.407 e. The van der Waals surface area contributed by atoms with Gasteiger partial charge in [0.05, 0.1) is 12.5 Å². The number of hydrogen-bond acceptors (Lipinski definition) is 5. The third-order valence-corrected chi connectivity index (χ3v) is 5.52. The molecule has 1 unspecified atom stereocenters. The van der Waals surface area contributed by atoms with Crippen LogP contribution in [0.15, 0.2) is 48.5 Å². The maximum atomic E-state index is 12.6. The lowest BCUT2D eigenvalue weighted by Gasteiger charge is -2.24. The Hall–Kier alpha value is -3.39. The molecule has 0 aromatic heterocycles. The molecule has 8 heteroatoms. The minimum atomic E-state index is -1.11. The Morgan fingerprint density at radius 1 is 1.06 bits per heavy atom. The van der Waals surface area contributed by atoms with Crippen LogP contribution in [0.4, 0.5) is 4.79 Å². The third-order valence-electron chi connectivity index (χ3n) is 5.52. The van der Waals surface area contributed by atoms with Gasteiger partial charge in [-0.3, -0.25) is 9.59 Å². The molecule has 0 spiro atoms. The Bertz CT molecular complexity index is 931. The predicted molar refractivity (Wildman–Crippen MR) is 118 cm³/mol.